The normalized spacial score (nSPS) is 17.0. The van der Waals surface area contributed by atoms with E-state index < -0.39 is 0 Å². The number of carbonyl (C=O) groups excluding carboxylic acids is 1. The van der Waals surface area contributed by atoms with E-state index in [1.165, 1.54) is 0 Å². The van der Waals surface area contributed by atoms with Crippen LogP contribution < -0.4 is 0 Å². The first-order chi connectivity index (χ1) is 9.29. The first-order valence-electron chi connectivity index (χ1n) is 6.62. The molecule has 1 aliphatic heterocycles. The number of carbonyl (C=O) groups is 1. The molecule has 1 N–H and O–H groups in total. The molecule has 0 saturated carbocycles. The Kier molecular flexibility index (Phi) is 3.21. The standard InChI is InChI=1S/C14H17N3O2/c18-10-11-4-7-16(8-5-11)14(19)12-9-15-17-6-2-1-3-13(12)17/h1-3,6,9,11,18H,4-5,7-8,10H2. The number of likely N-dealkylation sites (tertiary alicyclic amines) is 1. The third-order valence-electron chi connectivity index (χ3n) is 3.82. The van der Waals surface area contributed by atoms with Crippen LogP contribution in [-0.4, -0.2) is 45.2 Å². The lowest BCUT2D eigenvalue weighted by Gasteiger charge is -2.30. The Bertz CT molecular complexity index is 585. The number of rotatable bonds is 2. The molecule has 0 unspecified atom stereocenters. The van der Waals surface area contributed by atoms with Crippen LogP contribution in [0.2, 0.25) is 0 Å². The second-order valence-corrected chi connectivity index (χ2v) is 5.01. The van der Waals surface area contributed by atoms with Crippen LogP contribution in [-0.2, 0) is 0 Å². The number of nitrogens with zero attached hydrogens (tertiary/aromatic N) is 3. The average Bonchev–Trinajstić information content (AvgIpc) is 2.90. The van der Waals surface area contributed by atoms with Gasteiger partial charge in [-0.2, -0.15) is 5.10 Å². The molecule has 0 bridgehead atoms. The van der Waals surface area contributed by atoms with E-state index in [1.807, 2.05) is 29.3 Å². The number of aliphatic hydroxyl groups excluding tert-OH is 1. The highest BCUT2D eigenvalue weighted by Crippen LogP contribution is 2.20. The monoisotopic (exact) mass is 259 g/mol. The summed E-state index contributed by atoms with van der Waals surface area (Å²) in [5.41, 5.74) is 1.50. The molecule has 1 aliphatic rings. The van der Waals surface area contributed by atoms with E-state index >= 15 is 0 Å². The lowest BCUT2D eigenvalue weighted by Crippen LogP contribution is -2.39. The van der Waals surface area contributed by atoms with Gasteiger partial charge in [0.1, 0.15) is 0 Å². The van der Waals surface area contributed by atoms with Crippen molar-refractivity contribution in [2.45, 2.75) is 12.8 Å². The van der Waals surface area contributed by atoms with Crippen LogP contribution in [0.5, 0.6) is 0 Å². The Labute approximate surface area is 111 Å². The van der Waals surface area contributed by atoms with Gasteiger partial charge < -0.3 is 10.0 Å². The molecule has 1 saturated heterocycles. The van der Waals surface area contributed by atoms with Gasteiger partial charge in [-0.25, -0.2) is 4.52 Å². The lowest BCUT2D eigenvalue weighted by atomic mass is 9.97. The number of fused-ring (bicyclic) bond motifs is 1. The lowest BCUT2D eigenvalue weighted by molar-refractivity contribution is 0.0653. The van der Waals surface area contributed by atoms with Crippen LogP contribution in [0.15, 0.2) is 30.6 Å². The van der Waals surface area contributed by atoms with Gasteiger partial charge in [-0.15, -0.1) is 0 Å². The van der Waals surface area contributed by atoms with E-state index in [0.717, 1.165) is 18.4 Å². The SMILES string of the molecule is O=C(c1cnn2ccccc12)N1CCC(CO)CC1. The molecule has 0 spiro atoms. The molecule has 100 valence electrons. The molecule has 2 aromatic heterocycles. The zero-order valence-electron chi connectivity index (χ0n) is 10.7. The molecule has 0 aliphatic carbocycles. The fourth-order valence-corrected chi connectivity index (χ4v) is 2.59. The summed E-state index contributed by atoms with van der Waals surface area (Å²) < 4.78 is 1.72. The molecular formula is C14H17N3O2. The third kappa shape index (κ3) is 2.21. The third-order valence-corrected chi connectivity index (χ3v) is 3.82. The maximum Gasteiger partial charge on any atom is 0.257 e. The van der Waals surface area contributed by atoms with Crippen LogP contribution in [0.1, 0.15) is 23.2 Å². The molecule has 3 rings (SSSR count). The number of pyridine rings is 1. The van der Waals surface area contributed by atoms with Crippen molar-refractivity contribution in [2.24, 2.45) is 5.92 Å². The van der Waals surface area contributed by atoms with Gasteiger partial charge in [0.2, 0.25) is 0 Å². The van der Waals surface area contributed by atoms with Crippen LogP contribution in [0.25, 0.3) is 5.52 Å². The van der Waals surface area contributed by atoms with Crippen molar-refractivity contribution in [2.75, 3.05) is 19.7 Å². The van der Waals surface area contributed by atoms with E-state index in [-0.39, 0.29) is 12.5 Å². The molecule has 1 amide bonds. The second-order valence-electron chi connectivity index (χ2n) is 5.01. The maximum absolute atomic E-state index is 12.5. The van der Waals surface area contributed by atoms with Gasteiger partial charge in [0.15, 0.2) is 0 Å². The molecule has 2 aromatic rings. The fraction of sp³-hybridized carbons (Fsp3) is 0.429. The number of hydrogen-bond acceptors (Lipinski definition) is 3. The van der Waals surface area contributed by atoms with E-state index in [4.69, 9.17) is 5.11 Å². The predicted octanol–water partition coefficient (Wildman–Crippen LogP) is 1.18. The zero-order chi connectivity index (χ0) is 13.2. The number of amides is 1. The minimum absolute atomic E-state index is 0.0394. The van der Waals surface area contributed by atoms with E-state index in [9.17, 15) is 4.79 Å². The maximum atomic E-state index is 12.5. The topological polar surface area (TPSA) is 57.8 Å². The Morgan fingerprint density at radius 1 is 1.37 bits per heavy atom. The van der Waals surface area contributed by atoms with Crippen LogP contribution >= 0.6 is 0 Å². The van der Waals surface area contributed by atoms with Gasteiger partial charge in [-0.05, 0) is 30.9 Å². The summed E-state index contributed by atoms with van der Waals surface area (Å²) >= 11 is 0. The van der Waals surface area contributed by atoms with Crippen molar-refractivity contribution in [1.82, 2.24) is 14.5 Å². The Balaban J connectivity index is 1.81. The molecule has 0 radical (unpaired) electrons. The summed E-state index contributed by atoms with van der Waals surface area (Å²) in [5.74, 6) is 0.380. The summed E-state index contributed by atoms with van der Waals surface area (Å²) in [6.45, 7) is 1.65. The molecule has 1 fully saturated rings. The fourth-order valence-electron chi connectivity index (χ4n) is 2.59. The number of aliphatic hydroxyl groups is 1. The highest BCUT2D eigenvalue weighted by Gasteiger charge is 2.24. The van der Waals surface area contributed by atoms with Gasteiger partial charge in [-0.1, -0.05) is 6.07 Å². The Morgan fingerprint density at radius 2 is 2.16 bits per heavy atom. The van der Waals surface area contributed by atoms with Gasteiger partial charge in [0, 0.05) is 25.9 Å². The first-order valence-corrected chi connectivity index (χ1v) is 6.62. The molecule has 19 heavy (non-hydrogen) atoms. The largest absolute Gasteiger partial charge is 0.396 e. The highest BCUT2D eigenvalue weighted by molar-refractivity contribution is 6.00. The summed E-state index contributed by atoms with van der Waals surface area (Å²) in [5, 5.41) is 13.3. The second kappa shape index (κ2) is 5.01. The minimum atomic E-state index is 0.0394. The molecule has 3 heterocycles. The van der Waals surface area contributed by atoms with E-state index in [0.29, 0.717) is 24.6 Å². The van der Waals surface area contributed by atoms with Gasteiger partial charge in [0.25, 0.3) is 5.91 Å². The first kappa shape index (κ1) is 12.2. The Morgan fingerprint density at radius 3 is 2.89 bits per heavy atom. The number of piperidine rings is 1. The zero-order valence-corrected chi connectivity index (χ0v) is 10.7. The van der Waals surface area contributed by atoms with Crippen LogP contribution in [0.3, 0.4) is 0 Å². The van der Waals surface area contributed by atoms with Crippen molar-refractivity contribution in [3.8, 4) is 0 Å². The smallest absolute Gasteiger partial charge is 0.257 e. The summed E-state index contributed by atoms with van der Waals surface area (Å²) in [7, 11) is 0. The van der Waals surface area contributed by atoms with Crippen molar-refractivity contribution < 1.29 is 9.90 Å². The number of hydrogen-bond donors (Lipinski definition) is 1. The van der Waals surface area contributed by atoms with Crippen molar-refractivity contribution >= 4 is 11.4 Å². The molecular weight excluding hydrogens is 242 g/mol. The molecule has 0 atom stereocenters. The van der Waals surface area contributed by atoms with Gasteiger partial charge in [0.05, 0.1) is 17.3 Å². The highest BCUT2D eigenvalue weighted by atomic mass is 16.3. The van der Waals surface area contributed by atoms with Gasteiger partial charge in [-0.3, -0.25) is 4.79 Å². The average molecular weight is 259 g/mol. The summed E-state index contributed by atoms with van der Waals surface area (Å²) in [6, 6.07) is 5.70. The van der Waals surface area contributed by atoms with Crippen molar-refractivity contribution in [3.05, 3.63) is 36.2 Å². The van der Waals surface area contributed by atoms with Crippen LogP contribution in [0.4, 0.5) is 0 Å². The van der Waals surface area contributed by atoms with Crippen LogP contribution in [0, 0.1) is 5.92 Å². The summed E-state index contributed by atoms with van der Waals surface area (Å²) in [4.78, 5) is 14.3. The van der Waals surface area contributed by atoms with Crippen molar-refractivity contribution in [3.63, 3.8) is 0 Å². The molecule has 5 nitrogen and oxygen atoms in total. The number of aromatic nitrogens is 2. The minimum Gasteiger partial charge on any atom is -0.396 e. The quantitative estimate of drug-likeness (QED) is 0.881. The predicted molar refractivity (Wildman–Crippen MR) is 70.9 cm³/mol. The molecule has 0 aromatic carbocycles. The van der Waals surface area contributed by atoms with Gasteiger partial charge >= 0.3 is 0 Å². The van der Waals surface area contributed by atoms with E-state index in [1.54, 1.807) is 10.7 Å². The molecule has 5 heteroatoms. The van der Waals surface area contributed by atoms with E-state index in [2.05, 4.69) is 5.10 Å². The Hall–Kier alpha value is -1.88. The van der Waals surface area contributed by atoms with Crippen molar-refractivity contribution in [1.29, 1.82) is 0 Å². The summed E-state index contributed by atoms with van der Waals surface area (Å²) in [6.07, 6.45) is 5.23.